The number of hydrogen-bond acceptors (Lipinski definition) is 4. The number of hydrogen-bond donors (Lipinski definition) is 2. The summed E-state index contributed by atoms with van der Waals surface area (Å²) in [4.78, 5) is 2.87. The average molecular weight is 290 g/mol. The smallest absolute Gasteiger partial charge is 0.403 e. The zero-order valence-corrected chi connectivity index (χ0v) is 9.14. The molecule has 0 amide bonds. The van der Waals surface area contributed by atoms with Gasteiger partial charge in [-0.1, -0.05) is 0 Å². The summed E-state index contributed by atoms with van der Waals surface area (Å²) >= 11 is 0. The number of aliphatic hydroxyl groups excluding tert-OH is 1. The molecule has 0 atom stereocenters. The van der Waals surface area contributed by atoms with Crippen LogP contribution in [0.4, 0.5) is 26.3 Å². The number of rotatable bonds is 3. The number of nitrogens with two attached hydrogens (primary N) is 1. The number of ether oxygens (including phenoxy) is 1. The minimum atomic E-state index is -5.35. The topological polar surface area (TPSA) is 68.4 Å². The van der Waals surface area contributed by atoms with E-state index >= 15 is 0 Å². The van der Waals surface area contributed by atoms with Crippen molar-refractivity contribution in [2.24, 2.45) is 5.73 Å². The zero-order chi connectivity index (χ0) is 14.8. The Morgan fingerprint density at radius 1 is 1.21 bits per heavy atom. The van der Waals surface area contributed by atoms with Crippen LogP contribution in [0, 0.1) is 0 Å². The van der Waals surface area contributed by atoms with E-state index in [4.69, 9.17) is 10.8 Å². The van der Waals surface area contributed by atoms with Gasteiger partial charge in [-0.25, -0.2) is 4.98 Å². The van der Waals surface area contributed by atoms with E-state index < -0.39 is 42.7 Å². The lowest BCUT2D eigenvalue weighted by molar-refractivity contribution is -0.277. The molecule has 0 aliphatic rings. The van der Waals surface area contributed by atoms with Crippen molar-refractivity contribution in [1.29, 1.82) is 0 Å². The molecule has 0 saturated carbocycles. The van der Waals surface area contributed by atoms with Crippen LogP contribution in [0.2, 0.25) is 0 Å². The van der Waals surface area contributed by atoms with Crippen LogP contribution in [0.5, 0.6) is 5.75 Å². The number of nitrogens with zero attached hydrogens (tertiary/aromatic N) is 1. The molecule has 0 aromatic carbocycles. The van der Waals surface area contributed by atoms with Crippen molar-refractivity contribution in [2.75, 3.05) is 0 Å². The SMILES string of the molecule is NCc1cnc(C(F)(F)F)c(OC(F)(F)F)c1CO. The third-order valence-corrected chi connectivity index (χ3v) is 2.09. The second kappa shape index (κ2) is 5.21. The van der Waals surface area contributed by atoms with E-state index in [1.807, 2.05) is 0 Å². The van der Waals surface area contributed by atoms with Gasteiger partial charge in [0.25, 0.3) is 0 Å². The monoisotopic (exact) mass is 290 g/mol. The van der Waals surface area contributed by atoms with Gasteiger partial charge in [0.15, 0.2) is 11.4 Å². The Labute approximate surface area is 102 Å². The Balaban J connectivity index is 3.49. The maximum Gasteiger partial charge on any atom is 0.573 e. The number of pyridine rings is 1. The third-order valence-electron chi connectivity index (χ3n) is 2.09. The lowest BCUT2D eigenvalue weighted by Crippen LogP contribution is -2.23. The first-order valence-corrected chi connectivity index (χ1v) is 4.74. The largest absolute Gasteiger partial charge is 0.573 e. The van der Waals surface area contributed by atoms with E-state index in [0.29, 0.717) is 6.20 Å². The third kappa shape index (κ3) is 3.70. The quantitative estimate of drug-likeness (QED) is 0.835. The van der Waals surface area contributed by atoms with Crippen LogP contribution in [0.15, 0.2) is 6.20 Å². The molecule has 0 aliphatic heterocycles. The molecule has 108 valence electrons. The maximum absolute atomic E-state index is 12.6. The molecule has 10 heteroatoms. The standard InChI is InChI=1S/C9H8F6N2O2/c10-8(11,12)7-6(19-9(13,14)15)5(3-18)4(1-16)2-17-7/h2,18H,1,3,16H2. The maximum atomic E-state index is 12.6. The van der Waals surface area contributed by atoms with E-state index in [-0.39, 0.29) is 5.56 Å². The summed E-state index contributed by atoms with van der Waals surface area (Å²) in [6, 6.07) is 0. The Hall–Kier alpha value is -1.55. The Morgan fingerprint density at radius 3 is 2.16 bits per heavy atom. The molecule has 0 spiro atoms. The minimum absolute atomic E-state index is 0.172. The van der Waals surface area contributed by atoms with Crippen molar-refractivity contribution in [3.8, 4) is 5.75 Å². The molecular weight excluding hydrogens is 282 g/mol. The molecule has 0 aliphatic carbocycles. The van der Waals surface area contributed by atoms with Gasteiger partial charge in [0.05, 0.1) is 6.61 Å². The van der Waals surface area contributed by atoms with Gasteiger partial charge in [0.1, 0.15) is 0 Å². The van der Waals surface area contributed by atoms with Gasteiger partial charge < -0.3 is 15.6 Å². The van der Waals surface area contributed by atoms with Crippen LogP contribution in [0.1, 0.15) is 16.8 Å². The summed E-state index contributed by atoms with van der Waals surface area (Å²) in [5.74, 6) is -1.58. The highest BCUT2D eigenvalue weighted by molar-refractivity contribution is 5.43. The first-order valence-electron chi connectivity index (χ1n) is 4.74. The highest BCUT2D eigenvalue weighted by atomic mass is 19.4. The normalized spacial score (nSPS) is 12.6. The summed E-state index contributed by atoms with van der Waals surface area (Å²) in [6.45, 7) is -1.49. The van der Waals surface area contributed by atoms with Gasteiger partial charge >= 0.3 is 12.5 Å². The summed E-state index contributed by atoms with van der Waals surface area (Å²) in [5.41, 5.74) is 2.42. The van der Waals surface area contributed by atoms with Crippen molar-refractivity contribution in [3.63, 3.8) is 0 Å². The molecule has 1 aromatic heterocycles. The van der Waals surface area contributed by atoms with Gasteiger partial charge in [-0.05, 0) is 5.56 Å². The lowest BCUT2D eigenvalue weighted by Gasteiger charge is -2.18. The Morgan fingerprint density at radius 2 is 1.79 bits per heavy atom. The molecule has 1 aromatic rings. The molecule has 1 rings (SSSR count). The average Bonchev–Trinajstić information content (AvgIpc) is 2.24. The molecule has 1 heterocycles. The summed E-state index contributed by atoms with van der Waals surface area (Å²) in [5, 5.41) is 8.92. The van der Waals surface area contributed by atoms with E-state index in [9.17, 15) is 26.3 Å². The van der Waals surface area contributed by atoms with Crippen molar-refractivity contribution in [3.05, 3.63) is 23.0 Å². The summed E-state index contributed by atoms with van der Waals surface area (Å²) < 4.78 is 77.4. The second-order valence-corrected chi connectivity index (χ2v) is 3.35. The first kappa shape index (κ1) is 15.5. The summed E-state index contributed by atoms with van der Waals surface area (Å²) in [6.07, 6.45) is -9.85. The van der Waals surface area contributed by atoms with Crippen LogP contribution in [-0.4, -0.2) is 16.5 Å². The highest BCUT2D eigenvalue weighted by Crippen LogP contribution is 2.40. The lowest BCUT2D eigenvalue weighted by atomic mass is 10.1. The van der Waals surface area contributed by atoms with E-state index in [2.05, 4.69) is 9.72 Å². The van der Waals surface area contributed by atoms with Crippen LogP contribution >= 0.6 is 0 Å². The Kier molecular flexibility index (Phi) is 4.25. The zero-order valence-electron chi connectivity index (χ0n) is 9.14. The predicted molar refractivity (Wildman–Crippen MR) is 49.7 cm³/mol. The van der Waals surface area contributed by atoms with Crippen molar-refractivity contribution in [2.45, 2.75) is 25.7 Å². The van der Waals surface area contributed by atoms with Gasteiger partial charge in [0.2, 0.25) is 0 Å². The minimum Gasteiger partial charge on any atom is -0.403 e. The van der Waals surface area contributed by atoms with Gasteiger partial charge in [-0.3, -0.25) is 0 Å². The molecule has 0 fully saturated rings. The molecule has 0 unspecified atom stereocenters. The molecular formula is C9H8F6N2O2. The highest BCUT2D eigenvalue weighted by Gasteiger charge is 2.42. The van der Waals surface area contributed by atoms with Gasteiger partial charge in [0, 0.05) is 18.3 Å². The fourth-order valence-electron chi connectivity index (χ4n) is 1.34. The van der Waals surface area contributed by atoms with E-state index in [0.717, 1.165) is 0 Å². The number of halogens is 6. The Bertz CT molecular complexity index is 457. The molecule has 0 radical (unpaired) electrons. The van der Waals surface area contributed by atoms with Crippen molar-refractivity contribution in [1.82, 2.24) is 4.98 Å². The van der Waals surface area contributed by atoms with Crippen LogP contribution in [0.3, 0.4) is 0 Å². The number of aromatic nitrogens is 1. The number of alkyl halides is 6. The molecule has 19 heavy (non-hydrogen) atoms. The van der Waals surface area contributed by atoms with Crippen LogP contribution < -0.4 is 10.5 Å². The summed E-state index contributed by atoms with van der Waals surface area (Å²) in [7, 11) is 0. The molecule has 3 N–H and O–H groups in total. The molecule has 4 nitrogen and oxygen atoms in total. The number of aliphatic hydroxyl groups is 1. The van der Waals surface area contributed by atoms with E-state index in [1.165, 1.54) is 0 Å². The predicted octanol–water partition coefficient (Wildman–Crippen LogP) is 1.95. The van der Waals surface area contributed by atoms with Crippen molar-refractivity contribution >= 4 is 0 Å². The fourth-order valence-corrected chi connectivity index (χ4v) is 1.34. The van der Waals surface area contributed by atoms with Crippen LogP contribution in [-0.2, 0) is 19.3 Å². The van der Waals surface area contributed by atoms with Gasteiger partial charge in [-0.2, -0.15) is 13.2 Å². The van der Waals surface area contributed by atoms with Crippen LogP contribution in [0.25, 0.3) is 0 Å². The van der Waals surface area contributed by atoms with Gasteiger partial charge in [-0.15, -0.1) is 13.2 Å². The first-order chi connectivity index (χ1) is 8.60. The fraction of sp³-hybridized carbons (Fsp3) is 0.444. The van der Waals surface area contributed by atoms with Crippen molar-refractivity contribution < 1.29 is 36.2 Å². The molecule has 0 bridgehead atoms. The second-order valence-electron chi connectivity index (χ2n) is 3.35. The molecule has 0 saturated heterocycles. The van der Waals surface area contributed by atoms with E-state index in [1.54, 1.807) is 0 Å².